The summed E-state index contributed by atoms with van der Waals surface area (Å²) in [5.74, 6) is -1.25. The molecule has 0 saturated carbocycles. The van der Waals surface area contributed by atoms with Gasteiger partial charge in [0.15, 0.2) is 11.5 Å². The van der Waals surface area contributed by atoms with Gasteiger partial charge in [0.25, 0.3) is 17.5 Å². The Morgan fingerprint density at radius 2 is 1.58 bits per heavy atom. The molecule has 0 radical (unpaired) electrons. The maximum Gasteiger partial charge on any atom is 0.343 e. The first-order valence-corrected chi connectivity index (χ1v) is 13.3. The van der Waals surface area contributed by atoms with E-state index in [1.54, 1.807) is 37.3 Å². The van der Waals surface area contributed by atoms with Crippen LogP contribution in [0.25, 0.3) is 0 Å². The fourth-order valence-electron chi connectivity index (χ4n) is 3.64. The van der Waals surface area contributed by atoms with Gasteiger partial charge < -0.3 is 14.8 Å². The van der Waals surface area contributed by atoms with Crippen LogP contribution >= 0.6 is 23.2 Å². The first-order chi connectivity index (χ1) is 20.6. The highest BCUT2D eigenvalue weighted by Crippen LogP contribution is 2.29. The molecule has 0 saturated heterocycles. The molecule has 13 heteroatoms. The SMILES string of the molecule is CCOc1cc(/C=N\NC(=O)c2ccc(NC(=O)c3ccc(Cl)cc3Cl)cc2)ccc1OC(=O)c1ccc([N+](=O)[O-])cc1. The first kappa shape index (κ1) is 30.7. The van der Waals surface area contributed by atoms with E-state index in [2.05, 4.69) is 15.8 Å². The molecule has 4 aromatic carbocycles. The number of nitro benzene ring substituents is 1. The minimum Gasteiger partial charge on any atom is -0.490 e. The number of carbonyl (C=O) groups is 3. The first-order valence-electron chi connectivity index (χ1n) is 12.6. The Balaban J connectivity index is 1.36. The van der Waals surface area contributed by atoms with Crippen LogP contribution < -0.4 is 20.2 Å². The quantitative estimate of drug-likeness (QED) is 0.0672. The third kappa shape index (κ3) is 8.15. The van der Waals surface area contributed by atoms with Crippen LogP contribution in [0.4, 0.5) is 11.4 Å². The van der Waals surface area contributed by atoms with Crippen LogP contribution in [0.15, 0.2) is 90.0 Å². The molecular weight excluding hydrogens is 599 g/mol. The van der Waals surface area contributed by atoms with Crippen molar-refractivity contribution in [2.75, 3.05) is 11.9 Å². The topological polar surface area (TPSA) is 149 Å². The van der Waals surface area contributed by atoms with Crippen molar-refractivity contribution in [3.05, 3.63) is 127 Å². The summed E-state index contributed by atoms with van der Waals surface area (Å²) >= 11 is 12.0. The van der Waals surface area contributed by atoms with Crippen LogP contribution in [0.3, 0.4) is 0 Å². The van der Waals surface area contributed by atoms with Gasteiger partial charge in [0, 0.05) is 28.4 Å². The normalized spacial score (nSPS) is 10.7. The molecule has 43 heavy (non-hydrogen) atoms. The zero-order valence-electron chi connectivity index (χ0n) is 22.4. The summed E-state index contributed by atoms with van der Waals surface area (Å²) in [6.07, 6.45) is 1.38. The van der Waals surface area contributed by atoms with Gasteiger partial charge in [-0.1, -0.05) is 23.2 Å². The summed E-state index contributed by atoms with van der Waals surface area (Å²) in [5, 5.41) is 18.1. The van der Waals surface area contributed by atoms with Crippen molar-refractivity contribution in [2.24, 2.45) is 5.10 Å². The van der Waals surface area contributed by atoms with Gasteiger partial charge >= 0.3 is 5.97 Å². The Bertz CT molecular complexity index is 1710. The molecule has 0 atom stereocenters. The highest BCUT2D eigenvalue weighted by molar-refractivity contribution is 6.37. The molecule has 4 rings (SSSR count). The largest absolute Gasteiger partial charge is 0.490 e. The van der Waals surface area contributed by atoms with E-state index in [9.17, 15) is 24.5 Å². The molecule has 2 N–H and O–H groups in total. The number of rotatable bonds is 10. The number of anilines is 1. The van der Waals surface area contributed by atoms with Crippen molar-refractivity contribution in [2.45, 2.75) is 6.92 Å². The number of ether oxygens (including phenoxy) is 2. The number of carbonyl (C=O) groups excluding carboxylic acids is 3. The molecule has 0 aliphatic heterocycles. The van der Waals surface area contributed by atoms with E-state index in [4.69, 9.17) is 32.7 Å². The van der Waals surface area contributed by atoms with Crippen molar-refractivity contribution in [3.63, 3.8) is 0 Å². The number of non-ortho nitro benzene ring substituents is 1. The number of nitro groups is 1. The third-order valence-electron chi connectivity index (χ3n) is 5.74. The number of hydrogen-bond donors (Lipinski definition) is 2. The van der Waals surface area contributed by atoms with Gasteiger partial charge in [0.05, 0.1) is 33.9 Å². The summed E-state index contributed by atoms with van der Waals surface area (Å²) in [4.78, 5) is 47.8. The molecule has 2 amide bonds. The zero-order valence-corrected chi connectivity index (χ0v) is 23.9. The Morgan fingerprint density at radius 1 is 0.884 bits per heavy atom. The second-order valence-electron chi connectivity index (χ2n) is 8.69. The summed E-state index contributed by atoms with van der Waals surface area (Å²) in [6.45, 7) is 2.04. The predicted molar refractivity (Wildman–Crippen MR) is 162 cm³/mol. The van der Waals surface area contributed by atoms with E-state index in [0.717, 1.165) is 0 Å². The van der Waals surface area contributed by atoms with E-state index in [0.29, 0.717) is 21.8 Å². The minimum absolute atomic E-state index is 0.128. The highest BCUT2D eigenvalue weighted by atomic mass is 35.5. The molecule has 11 nitrogen and oxygen atoms in total. The van der Waals surface area contributed by atoms with Crippen molar-refractivity contribution >= 4 is 58.6 Å². The van der Waals surface area contributed by atoms with E-state index >= 15 is 0 Å². The fourth-order valence-corrected chi connectivity index (χ4v) is 4.14. The second-order valence-corrected chi connectivity index (χ2v) is 9.53. The van der Waals surface area contributed by atoms with Crippen molar-refractivity contribution in [1.29, 1.82) is 0 Å². The number of hydrogen-bond acceptors (Lipinski definition) is 8. The van der Waals surface area contributed by atoms with Crippen molar-refractivity contribution in [1.82, 2.24) is 5.43 Å². The lowest BCUT2D eigenvalue weighted by Crippen LogP contribution is -2.18. The number of nitrogens with one attached hydrogen (secondary N) is 2. The average molecular weight is 621 g/mol. The van der Waals surface area contributed by atoms with Crippen LogP contribution in [-0.4, -0.2) is 35.5 Å². The number of nitrogens with zero attached hydrogens (tertiary/aromatic N) is 2. The molecule has 4 aromatic rings. The summed E-state index contributed by atoms with van der Waals surface area (Å²) in [5.41, 5.74) is 3.94. The average Bonchev–Trinajstić information content (AvgIpc) is 2.98. The van der Waals surface area contributed by atoms with Crippen LogP contribution in [0.5, 0.6) is 11.5 Å². The molecule has 0 spiro atoms. The molecule has 0 bridgehead atoms. The lowest BCUT2D eigenvalue weighted by atomic mass is 10.1. The predicted octanol–water partition coefficient (Wildman–Crippen LogP) is 6.54. The standard InChI is InChI=1S/C30H22Cl2N4O7/c1-2-42-27-15-18(3-14-26(27)43-30(39)20-6-11-23(12-7-20)36(40)41)17-33-35-28(37)19-4-9-22(10-5-19)34-29(38)24-13-8-21(31)16-25(24)32/h3-17H,2H2,1H3,(H,34,38)(H,35,37)/b33-17-. The molecule has 0 fully saturated rings. The van der Waals surface area contributed by atoms with Crippen LogP contribution in [0.2, 0.25) is 10.0 Å². The number of benzene rings is 4. The molecule has 0 heterocycles. The molecule has 0 unspecified atom stereocenters. The molecule has 0 aliphatic carbocycles. The van der Waals surface area contributed by atoms with Crippen LogP contribution in [0, 0.1) is 10.1 Å². The molecule has 0 aliphatic rings. The smallest absolute Gasteiger partial charge is 0.343 e. The van der Waals surface area contributed by atoms with E-state index in [1.807, 2.05) is 0 Å². The van der Waals surface area contributed by atoms with E-state index in [1.165, 1.54) is 60.8 Å². The Kier molecular flexibility index (Phi) is 10.0. The van der Waals surface area contributed by atoms with Gasteiger partial charge in [-0.05, 0) is 85.3 Å². The molecule has 218 valence electrons. The van der Waals surface area contributed by atoms with Gasteiger partial charge in [0.2, 0.25) is 0 Å². The van der Waals surface area contributed by atoms with Crippen LogP contribution in [-0.2, 0) is 0 Å². The molecular formula is C30H22Cl2N4O7. The number of hydrazone groups is 1. The summed E-state index contributed by atoms with van der Waals surface area (Å²) in [6, 6.07) is 20.4. The highest BCUT2D eigenvalue weighted by Gasteiger charge is 2.15. The number of amides is 2. The third-order valence-corrected chi connectivity index (χ3v) is 6.29. The van der Waals surface area contributed by atoms with Crippen molar-refractivity contribution < 1.29 is 28.8 Å². The molecule has 0 aromatic heterocycles. The van der Waals surface area contributed by atoms with Crippen LogP contribution in [0.1, 0.15) is 43.6 Å². The van der Waals surface area contributed by atoms with E-state index in [-0.39, 0.29) is 39.9 Å². The van der Waals surface area contributed by atoms with Gasteiger partial charge in [-0.25, -0.2) is 10.2 Å². The van der Waals surface area contributed by atoms with Gasteiger partial charge in [0.1, 0.15) is 0 Å². The lowest BCUT2D eigenvalue weighted by Gasteiger charge is -2.11. The maximum atomic E-state index is 12.5. The monoisotopic (exact) mass is 620 g/mol. The zero-order chi connectivity index (χ0) is 30.9. The van der Waals surface area contributed by atoms with E-state index < -0.39 is 22.7 Å². The Hall–Kier alpha value is -5.26. The second kappa shape index (κ2) is 14.1. The maximum absolute atomic E-state index is 12.5. The summed E-state index contributed by atoms with van der Waals surface area (Å²) in [7, 11) is 0. The van der Waals surface area contributed by atoms with Crippen molar-refractivity contribution in [3.8, 4) is 11.5 Å². The van der Waals surface area contributed by atoms with Gasteiger partial charge in [-0.2, -0.15) is 5.10 Å². The fraction of sp³-hybridized carbons (Fsp3) is 0.0667. The van der Waals surface area contributed by atoms with Gasteiger partial charge in [-0.15, -0.1) is 0 Å². The summed E-state index contributed by atoms with van der Waals surface area (Å²) < 4.78 is 11.0. The Morgan fingerprint density at radius 3 is 2.23 bits per heavy atom. The minimum atomic E-state index is -0.719. The Labute approximate surface area is 255 Å². The number of halogens is 2. The van der Waals surface area contributed by atoms with Gasteiger partial charge in [-0.3, -0.25) is 19.7 Å². The lowest BCUT2D eigenvalue weighted by molar-refractivity contribution is -0.384. The number of esters is 1.